The molecule has 0 atom stereocenters. The lowest BCUT2D eigenvalue weighted by Crippen LogP contribution is -2.28. The van der Waals surface area contributed by atoms with Gasteiger partial charge in [0, 0.05) is 23.7 Å². The van der Waals surface area contributed by atoms with Gasteiger partial charge in [-0.3, -0.25) is 0 Å². The minimum Gasteiger partial charge on any atom is -0.396 e. The van der Waals surface area contributed by atoms with Crippen LogP contribution in [-0.4, -0.2) is 42.3 Å². The first-order chi connectivity index (χ1) is 9.33. The van der Waals surface area contributed by atoms with Gasteiger partial charge in [0.05, 0.1) is 18.9 Å². The van der Waals surface area contributed by atoms with Crippen LogP contribution in [0.25, 0.3) is 0 Å². The summed E-state index contributed by atoms with van der Waals surface area (Å²) < 4.78 is 0. The van der Waals surface area contributed by atoms with Gasteiger partial charge in [0.2, 0.25) is 0 Å². The van der Waals surface area contributed by atoms with E-state index in [-0.39, 0.29) is 13.2 Å². The molecule has 1 aromatic rings. The van der Waals surface area contributed by atoms with E-state index in [1.54, 1.807) is 11.8 Å². The fourth-order valence-electron chi connectivity index (χ4n) is 2.02. The molecule has 0 radical (unpaired) electrons. The van der Waals surface area contributed by atoms with E-state index in [1.165, 1.54) is 23.4 Å². The Kier molecular flexibility index (Phi) is 8.71. The zero-order valence-electron chi connectivity index (χ0n) is 11.7. The molecule has 0 aromatic heterocycles. The molecule has 0 bridgehead atoms. The maximum atomic E-state index is 9.23. The first-order valence-electron chi connectivity index (χ1n) is 7.02. The monoisotopic (exact) mass is 283 g/mol. The molecule has 1 aromatic carbocycles. The molecule has 0 saturated carbocycles. The van der Waals surface area contributed by atoms with Crippen molar-refractivity contribution in [3.05, 3.63) is 24.3 Å². The molecule has 0 fully saturated rings. The van der Waals surface area contributed by atoms with Crippen LogP contribution in [0.15, 0.2) is 29.2 Å². The lowest BCUT2D eigenvalue weighted by Gasteiger charge is -2.26. The SMILES string of the molecule is CCCCCN(CCO)c1ccccc1SCCO. The Morgan fingerprint density at radius 2 is 1.84 bits per heavy atom. The minimum atomic E-state index is 0.172. The van der Waals surface area contributed by atoms with Crippen LogP contribution < -0.4 is 4.90 Å². The Balaban J connectivity index is 2.75. The van der Waals surface area contributed by atoms with Crippen LogP contribution >= 0.6 is 11.8 Å². The van der Waals surface area contributed by atoms with Crippen molar-refractivity contribution in [2.45, 2.75) is 31.1 Å². The highest BCUT2D eigenvalue weighted by Gasteiger charge is 2.10. The van der Waals surface area contributed by atoms with Gasteiger partial charge in [-0.1, -0.05) is 31.9 Å². The van der Waals surface area contributed by atoms with Crippen LogP contribution in [0.4, 0.5) is 5.69 Å². The number of benzene rings is 1. The number of unbranched alkanes of at least 4 members (excludes halogenated alkanes) is 2. The molecule has 0 saturated heterocycles. The summed E-state index contributed by atoms with van der Waals surface area (Å²) in [7, 11) is 0. The number of anilines is 1. The molecule has 0 unspecified atom stereocenters. The maximum Gasteiger partial charge on any atom is 0.0606 e. The Bertz CT molecular complexity index is 347. The number of aliphatic hydroxyl groups is 2. The predicted molar refractivity (Wildman–Crippen MR) is 83.1 cm³/mol. The topological polar surface area (TPSA) is 43.7 Å². The molecule has 19 heavy (non-hydrogen) atoms. The predicted octanol–water partition coefficient (Wildman–Crippen LogP) is 2.76. The minimum absolute atomic E-state index is 0.172. The maximum absolute atomic E-state index is 9.23. The lowest BCUT2D eigenvalue weighted by molar-refractivity contribution is 0.301. The summed E-state index contributed by atoms with van der Waals surface area (Å²) in [6.45, 7) is 4.20. The van der Waals surface area contributed by atoms with Gasteiger partial charge in [0.15, 0.2) is 0 Å². The number of aliphatic hydroxyl groups excluding tert-OH is 2. The number of hydrogen-bond acceptors (Lipinski definition) is 4. The van der Waals surface area contributed by atoms with Gasteiger partial charge >= 0.3 is 0 Å². The third-order valence-corrected chi connectivity index (χ3v) is 4.00. The van der Waals surface area contributed by atoms with Gasteiger partial charge in [0.25, 0.3) is 0 Å². The van der Waals surface area contributed by atoms with Gasteiger partial charge in [-0.05, 0) is 18.6 Å². The highest BCUT2D eigenvalue weighted by atomic mass is 32.2. The largest absolute Gasteiger partial charge is 0.396 e. The van der Waals surface area contributed by atoms with Crippen molar-refractivity contribution < 1.29 is 10.2 Å². The van der Waals surface area contributed by atoms with Crippen molar-refractivity contribution in [1.29, 1.82) is 0 Å². The molecule has 1 rings (SSSR count). The molecule has 0 amide bonds. The molecule has 3 nitrogen and oxygen atoms in total. The first kappa shape index (κ1) is 16.3. The summed E-state index contributed by atoms with van der Waals surface area (Å²) in [5.41, 5.74) is 1.17. The number of para-hydroxylation sites is 1. The van der Waals surface area contributed by atoms with Gasteiger partial charge in [0.1, 0.15) is 0 Å². The molecular weight excluding hydrogens is 258 g/mol. The van der Waals surface area contributed by atoms with Crippen LogP contribution in [-0.2, 0) is 0 Å². The van der Waals surface area contributed by atoms with Crippen LogP contribution in [0.3, 0.4) is 0 Å². The van der Waals surface area contributed by atoms with E-state index in [9.17, 15) is 5.11 Å². The van der Waals surface area contributed by atoms with E-state index in [0.29, 0.717) is 12.3 Å². The second-order valence-electron chi connectivity index (χ2n) is 4.46. The van der Waals surface area contributed by atoms with Gasteiger partial charge in [-0.25, -0.2) is 0 Å². The van der Waals surface area contributed by atoms with Crippen molar-refractivity contribution in [3.63, 3.8) is 0 Å². The fraction of sp³-hybridized carbons (Fsp3) is 0.600. The zero-order chi connectivity index (χ0) is 13.9. The van der Waals surface area contributed by atoms with Crippen molar-refractivity contribution in [1.82, 2.24) is 0 Å². The second kappa shape index (κ2) is 10.1. The Hall–Kier alpha value is -0.710. The summed E-state index contributed by atoms with van der Waals surface area (Å²) in [6, 6.07) is 8.23. The van der Waals surface area contributed by atoms with E-state index < -0.39 is 0 Å². The Morgan fingerprint density at radius 1 is 1.05 bits per heavy atom. The van der Waals surface area contributed by atoms with Gasteiger partial charge < -0.3 is 15.1 Å². The number of hydrogen-bond donors (Lipinski definition) is 2. The van der Waals surface area contributed by atoms with Crippen LogP contribution in [0.2, 0.25) is 0 Å². The van der Waals surface area contributed by atoms with Crippen LogP contribution in [0.5, 0.6) is 0 Å². The van der Waals surface area contributed by atoms with Crippen LogP contribution in [0, 0.1) is 0 Å². The average molecular weight is 283 g/mol. The molecular formula is C15H25NO2S. The molecule has 0 aliphatic carbocycles. The third-order valence-electron chi connectivity index (χ3n) is 2.96. The average Bonchev–Trinajstić information content (AvgIpc) is 2.45. The molecule has 4 heteroatoms. The smallest absolute Gasteiger partial charge is 0.0606 e. The summed E-state index contributed by atoms with van der Waals surface area (Å²) in [5.74, 6) is 0.707. The highest BCUT2D eigenvalue weighted by molar-refractivity contribution is 7.99. The van der Waals surface area contributed by atoms with Crippen LogP contribution in [0.1, 0.15) is 26.2 Å². The van der Waals surface area contributed by atoms with Crippen molar-refractivity contribution >= 4 is 17.4 Å². The molecule has 0 spiro atoms. The van der Waals surface area contributed by atoms with E-state index in [1.807, 2.05) is 12.1 Å². The number of thioether (sulfide) groups is 1. The van der Waals surface area contributed by atoms with Crippen molar-refractivity contribution in [3.8, 4) is 0 Å². The normalized spacial score (nSPS) is 10.7. The molecule has 0 heterocycles. The molecule has 0 aliphatic heterocycles. The lowest BCUT2D eigenvalue weighted by atomic mass is 10.2. The van der Waals surface area contributed by atoms with E-state index >= 15 is 0 Å². The standard InChI is InChI=1S/C15H25NO2S/c1-2-3-6-9-16(10-11-17)14-7-4-5-8-15(14)19-13-12-18/h4-5,7-8,17-18H,2-3,6,9-13H2,1H3. The molecule has 108 valence electrons. The Labute approximate surface area is 120 Å². The summed E-state index contributed by atoms with van der Waals surface area (Å²) in [5, 5.41) is 18.2. The highest BCUT2D eigenvalue weighted by Crippen LogP contribution is 2.30. The number of rotatable bonds is 10. The van der Waals surface area contributed by atoms with Gasteiger partial charge in [-0.2, -0.15) is 0 Å². The molecule has 0 aliphatic rings. The Morgan fingerprint density at radius 3 is 2.53 bits per heavy atom. The van der Waals surface area contributed by atoms with E-state index in [2.05, 4.69) is 24.0 Å². The summed E-state index contributed by atoms with van der Waals surface area (Å²) >= 11 is 1.67. The summed E-state index contributed by atoms with van der Waals surface area (Å²) in [6.07, 6.45) is 3.57. The number of nitrogens with zero attached hydrogens (tertiary/aromatic N) is 1. The van der Waals surface area contributed by atoms with E-state index in [4.69, 9.17) is 5.11 Å². The second-order valence-corrected chi connectivity index (χ2v) is 5.59. The first-order valence-corrected chi connectivity index (χ1v) is 8.00. The molecule has 2 N–H and O–H groups in total. The van der Waals surface area contributed by atoms with Crippen molar-refractivity contribution in [2.75, 3.05) is 37.0 Å². The third kappa shape index (κ3) is 5.85. The zero-order valence-corrected chi connectivity index (χ0v) is 12.5. The fourth-order valence-corrected chi connectivity index (χ4v) is 2.85. The van der Waals surface area contributed by atoms with Gasteiger partial charge in [-0.15, -0.1) is 11.8 Å². The quantitative estimate of drug-likeness (QED) is 0.512. The van der Waals surface area contributed by atoms with E-state index in [0.717, 1.165) is 13.0 Å². The van der Waals surface area contributed by atoms with Crippen molar-refractivity contribution in [2.24, 2.45) is 0 Å². The summed E-state index contributed by atoms with van der Waals surface area (Å²) in [4.78, 5) is 3.43.